The predicted molar refractivity (Wildman–Crippen MR) is 128 cm³/mol. The molecule has 0 bridgehead atoms. The number of halogens is 5. The second-order valence-electron chi connectivity index (χ2n) is 7.82. The van der Waals surface area contributed by atoms with Crippen molar-refractivity contribution in [3.63, 3.8) is 0 Å². The maximum Gasteiger partial charge on any atom is 0.417 e. The van der Waals surface area contributed by atoms with Gasteiger partial charge in [0.1, 0.15) is 23.3 Å². The molecule has 0 spiro atoms. The van der Waals surface area contributed by atoms with Crippen LogP contribution in [0.2, 0.25) is 0 Å². The first-order valence-corrected chi connectivity index (χ1v) is 11.5. The van der Waals surface area contributed by atoms with Crippen LogP contribution in [0.4, 0.5) is 22.0 Å². The number of thiophene rings is 1. The number of pyridine rings is 1. The summed E-state index contributed by atoms with van der Waals surface area (Å²) >= 11 is 1.06. The zero-order chi connectivity index (χ0) is 26.9. The third-order valence-corrected chi connectivity index (χ3v) is 6.58. The van der Waals surface area contributed by atoms with E-state index in [-0.39, 0.29) is 16.1 Å². The number of aromatic nitrogens is 1. The van der Waals surface area contributed by atoms with Gasteiger partial charge in [-0.25, -0.2) is 8.78 Å². The number of hydrogen-bond acceptors (Lipinski definition) is 5. The summed E-state index contributed by atoms with van der Waals surface area (Å²) in [5.74, 6) is -0.904. The molecule has 2 aromatic heterocycles. The summed E-state index contributed by atoms with van der Waals surface area (Å²) in [5.41, 5.74) is -2.77. The Labute approximate surface area is 211 Å². The van der Waals surface area contributed by atoms with Crippen LogP contribution in [0.15, 0.2) is 58.7 Å². The summed E-state index contributed by atoms with van der Waals surface area (Å²) < 4.78 is 80.5. The first-order chi connectivity index (χ1) is 17.6. The quantitative estimate of drug-likeness (QED) is 0.267. The molecule has 2 aromatic carbocycles. The second kappa shape index (κ2) is 10.1. The van der Waals surface area contributed by atoms with Crippen LogP contribution in [0.5, 0.6) is 11.5 Å². The van der Waals surface area contributed by atoms with Gasteiger partial charge in [-0.15, -0.1) is 11.3 Å². The lowest BCUT2D eigenvalue weighted by atomic mass is 10.0. The minimum Gasteiger partial charge on any atom is -0.493 e. The summed E-state index contributed by atoms with van der Waals surface area (Å²) in [7, 11) is 2.94. The van der Waals surface area contributed by atoms with Crippen molar-refractivity contribution in [1.82, 2.24) is 4.57 Å². The fraction of sp³-hybridized carbons (Fsp3) is 0.154. The van der Waals surface area contributed by atoms with E-state index in [0.717, 1.165) is 28.0 Å². The number of alkyl halides is 3. The first-order valence-electron chi connectivity index (χ1n) is 10.6. The predicted octanol–water partition coefficient (Wildman–Crippen LogP) is 6.48. The Morgan fingerprint density at radius 1 is 0.973 bits per heavy atom. The fourth-order valence-corrected chi connectivity index (χ4v) is 4.74. The third kappa shape index (κ3) is 5.06. The largest absolute Gasteiger partial charge is 0.493 e. The highest BCUT2D eigenvalue weighted by Crippen LogP contribution is 2.39. The van der Waals surface area contributed by atoms with Gasteiger partial charge < -0.3 is 14.0 Å². The van der Waals surface area contributed by atoms with Crippen LogP contribution in [-0.2, 0) is 12.7 Å². The Hall–Kier alpha value is -4.17. The lowest BCUT2D eigenvalue weighted by molar-refractivity contribution is -0.137. The first kappa shape index (κ1) is 25.9. The number of methoxy groups -OCH3 is 2. The Kier molecular flexibility index (Phi) is 7.05. The summed E-state index contributed by atoms with van der Waals surface area (Å²) in [4.78, 5) is 13.4. The molecule has 4 aromatic rings. The number of ether oxygens (including phenoxy) is 2. The Morgan fingerprint density at radius 3 is 2.32 bits per heavy atom. The van der Waals surface area contributed by atoms with Crippen molar-refractivity contribution >= 4 is 11.3 Å². The molecule has 0 fully saturated rings. The zero-order valence-electron chi connectivity index (χ0n) is 19.3. The molecule has 5 nitrogen and oxygen atoms in total. The number of benzene rings is 2. The highest BCUT2D eigenvalue weighted by Gasteiger charge is 2.36. The van der Waals surface area contributed by atoms with Crippen molar-refractivity contribution in [2.24, 2.45) is 0 Å². The summed E-state index contributed by atoms with van der Waals surface area (Å²) in [6.07, 6.45) is -4.98. The minimum absolute atomic E-state index is 0.134. The molecule has 0 amide bonds. The number of hydrogen-bond donors (Lipinski definition) is 0. The van der Waals surface area contributed by atoms with Gasteiger partial charge in [0.2, 0.25) is 0 Å². The lowest BCUT2D eigenvalue weighted by Gasteiger charge is -2.17. The molecule has 2 heterocycles. The van der Waals surface area contributed by atoms with Crippen LogP contribution in [0.3, 0.4) is 0 Å². The van der Waals surface area contributed by atoms with Crippen molar-refractivity contribution in [3.8, 4) is 39.3 Å². The average molecular weight is 532 g/mol. The number of rotatable bonds is 6. The number of nitriles is 1. The van der Waals surface area contributed by atoms with Crippen LogP contribution < -0.4 is 15.0 Å². The normalized spacial score (nSPS) is 11.3. The lowest BCUT2D eigenvalue weighted by Crippen LogP contribution is -2.28. The molecule has 0 aliphatic carbocycles. The van der Waals surface area contributed by atoms with E-state index in [9.17, 15) is 32.0 Å². The topological polar surface area (TPSA) is 64.2 Å². The van der Waals surface area contributed by atoms with Crippen LogP contribution in [-0.4, -0.2) is 18.8 Å². The van der Waals surface area contributed by atoms with Gasteiger partial charge in [-0.1, -0.05) is 12.1 Å². The van der Waals surface area contributed by atoms with Gasteiger partial charge in [0.05, 0.1) is 36.9 Å². The smallest absolute Gasteiger partial charge is 0.417 e. The molecular formula is C26H17F5N2O3S. The Morgan fingerprint density at radius 2 is 1.70 bits per heavy atom. The molecule has 4 rings (SSSR count). The van der Waals surface area contributed by atoms with E-state index in [1.54, 1.807) is 29.6 Å². The van der Waals surface area contributed by atoms with Gasteiger partial charge in [-0.3, -0.25) is 4.79 Å². The van der Waals surface area contributed by atoms with E-state index in [2.05, 4.69) is 0 Å². The van der Waals surface area contributed by atoms with E-state index in [1.165, 1.54) is 20.3 Å². The molecule has 0 saturated carbocycles. The number of nitrogens with zero attached hydrogens (tertiary/aromatic N) is 2. The molecule has 190 valence electrons. The van der Waals surface area contributed by atoms with E-state index < -0.39 is 41.0 Å². The maximum absolute atomic E-state index is 14.4. The molecule has 0 radical (unpaired) electrons. The van der Waals surface area contributed by atoms with E-state index in [4.69, 9.17) is 9.47 Å². The molecule has 0 atom stereocenters. The zero-order valence-corrected chi connectivity index (χ0v) is 20.1. The Balaban J connectivity index is 1.91. The van der Waals surface area contributed by atoms with Crippen LogP contribution in [0, 0.1) is 23.0 Å². The fourth-order valence-electron chi connectivity index (χ4n) is 3.80. The molecule has 0 aliphatic heterocycles. The second-order valence-corrected chi connectivity index (χ2v) is 8.74. The van der Waals surface area contributed by atoms with E-state index >= 15 is 0 Å². The summed E-state index contributed by atoms with van der Waals surface area (Å²) in [5, 5.41) is 11.0. The van der Waals surface area contributed by atoms with Gasteiger partial charge in [0.25, 0.3) is 5.56 Å². The van der Waals surface area contributed by atoms with Crippen molar-refractivity contribution in [3.05, 3.63) is 92.6 Å². The highest BCUT2D eigenvalue weighted by atomic mass is 32.1. The van der Waals surface area contributed by atoms with Crippen molar-refractivity contribution in [2.45, 2.75) is 12.7 Å². The monoisotopic (exact) mass is 532 g/mol. The SMILES string of the molecule is COc1ccc(-c2csc(-c3cc(C(F)(F)F)c(C#N)c(=O)n3Cc3ccc(F)cc3F)c2)cc1OC. The Bertz CT molecular complexity index is 1580. The molecule has 11 heteroatoms. The molecular weight excluding hydrogens is 515 g/mol. The molecule has 0 saturated heterocycles. The molecule has 37 heavy (non-hydrogen) atoms. The van der Waals surface area contributed by atoms with Gasteiger partial charge in [0, 0.05) is 11.6 Å². The van der Waals surface area contributed by atoms with Crippen LogP contribution in [0.1, 0.15) is 16.7 Å². The third-order valence-electron chi connectivity index (χ3n) is 5.63. The molecule has 0 unspecified atom stereocenters. The molecule has 0 aliphatic rings. The van der Waals surface area contributed by atoms with Crippen molar-refractivity contribution < 1.29 is 31.4 Å². The van der Waals surface area contributed by atoms with Gasteiger partial charge in [0.15, 0.2) is 11.5 Å². The van der Waals surface area contributed by atoms with Crippen molar-refractivity contribution in [2.75, 3.05) is 14.2 Å². The van der Waals surface area contributed by atoms with Crippen LogP contribution in [0.25, 0.3) is 21.7 Å². The van der Waals surface area contributed by atoms with Gasteiger partial charge in [-0.2, -0.15) is 18.4 Å². The van der Waals surface area contributed by atoms with E-state index in [0.29, 0.717) is 34.8 Å². The summed E-state index contributed by atoms with van der Waals surface area (Å²) in [6.45, 7) is -0.517. The average Bonchev–Trinajstić information content (AvgIpc) is 3.35. The van der Waals surface area contributed by atoms with Crippen LogP contribution >= 0.6 is 11.3 Å². The van der Waals surface area contributed by atoms with Gasteiger partial charge >= 0.3 is 6.18 Å². The minimum atomic E-state index is -4.98. The van der Waals surface area contributed by atoms with E-state index in [1.807, 2.05) is 0 Å². The highest BCUT2D eigenvalue weighted by molar-refractivity contribution is 7.14. The maximum atomic E-state index is 14.4. The van der Waals surface area contributed by atoms with Crippen molar-refractivity contribution in [1.29, 1.82) is 5.26 Å². The standard InChI is InChI=1S/C26H17F5N2O3S/c1-35-22-6-4-14(7-23(22)36-2)16-8-24(37-13-16)21-10-19(26(29,30)31)18(11-32)25(34)33(21)12-15-3-5-17(27)9-20(15)28/h3-10,13H,12H2,1-2H3. The summed E-state index contributed by atoms with van der Waals surface area (Å²) in [6, 6.07) is 11.4. The molecule has 0 N–H and O–H groups in total. The van der Waals surface area contributed by atoms with Gasteiger partial charge in [-0.05, 0) is 46.8 Å².